The minimum atomic E-state index is 0.259. The van der Waals surface area contributed by atoms with Crippen molar-refractivity contribution >= 4 is 11.6 Å². The molecule has 5 heteroatoms. The highest BCUT2D eigenvalue weighted by molar-refractivity contribution is 6.16. The van der Waals surface area contributed by atoms with Gasteiger partial charge in [0.25, 0.3) is 5.89 Å². The van der Waals surface area contributed by atoms with Gasteiger partial charge in [-0.25, -0.2) is 0 Å². The smallest absolute Gasteiger partial charge is 0.258 e. The molecule has 0 aliphatic rings. The lowest BCUT2D eigenvalue weighted by atomic mass is 10.3. The minimum absolute atomic E-state index is 0.259. The fraction of sp³-hybridized carbons (Fsp3) is 0.125. The van der Waals surface area contributed by atoms with Gasteiger partial charge in [-0.15, -0.1) is 11.6 Å². The van der Waals surface area contributed by atoms with Crippen molar-refractivity contribution in [2.24, 2.45) is 0 Å². The van der Waals surface area contributed by atoms with E-state index in [4.69, 9.17) is 16.1 Å². The number of hydrogen-bond donors (Lipinski definition) is 0. The number of aromatic nitrogens is 3. The Morgan fingerprint density at radius 3 is 2.69 bits per heavy atom. The average Bonchev–Trinajstić information content (AvgIpc) is 2.67. The molecule has 0 bridgehead atoms. The summed E-state index contributed by atoms with van der Waals surface area (Å²) < 4.78 is 4.97. The van der Waals surface area contributed by atoms with Crippen LogP contribution in [0.1, 0.15) is 5.82 Å². The van der Waals surface area contributed by atoms with Crippen molar-refractivity contribution in [2.75, 3.05) is 0 Å². The summed E-state index contributed by atoms with van der Waals surface area (Å²) in [7, 11) is 0. The molecule has 0 saturated carbocycles. The number of rotatable bonds is 2. The molecular formula is C8H6ClN3O. The van der Waals surface area contributed by atoms with Crippen molar-refractivity contribution in [3.05, 3.63) is 30.4 Å². The molecule has 0 aromatic carbocycles. The molecule has 66 valence electrons. The molecule has 0 amide bonds. The van der Waals surface area contributed by atoms with Crippen LogP contribution in [0.25, 0.3) is 11.5 Å². The van der Waals surface area contributed by atoms with Gasteiger partial charge in [0.05, 0.1) is 5.88 Å². The fourth-order valence-electron chi connectivity index (χ4n) is 0.920. The van der Waals surface area contributed by atoms with E-state index in [9.17, 15) is 0 Å². The zero-order valence-corrected chi connectivity index (χ0v) is 7.40. The first kappa shape index (κ1) is 8.19. The van der Waals surface area contributed by atoms with Crippen LogP contribution in [-0.4, -0.2) is 15.1 Å². The lowest BCUT2D eigenvalue weighted by molar-refractivity contribution is 0.425. The highest BCUT2D eigenvalue weighted by Crippen LogP contribution is 2.15. The zero-order valence-electron chi connectivity index (χ0n) is 6.64. The van der Waals surface area contributed by atoms with Crippen molar-refractivity contribution in [3.63, 3.8) is 0 Å². The first-order chi connectivity index (χ1) is 6.40. The molecule has 2 aromatic rings. The first-order valence-corrected chi connectivity index (χ1v) is 4.22. The standard InChI is InChI=1S/C8H6ClN3O/c9-5-7-11-8(13-12-7)6-1-3-10-4-2-6/h1-4H,5H2. The minimum Gasteiger partial charge on any atom is -0.334 e. The van der Waals surface area contributed by atoms with Crippen molar-refractivity contribution in [3.8, 4) is 11.5 Å². The van der Waals surface area contributed by atoms with Crippen molar-refractivity contribution in [1.29, 1.82) is 0 Å². The van der Waals surface area contributed by atoms with Crippen LogP contribution in [0.2, 0.25) is 0 Å². The van der Waals surface area contributed by atoms with Crippen LogP contribution >= 0.6 is 11.6 Å². The predicted molar refractivity (Wildman–Crippen MR) is 47.1 cm³/mol. The molecule has 0 aliphatic heterocycles. The fourth-order valence-corrected chi connectivity index (χ4v) is 1.03. The van der Waals surface area contributed by atoms with Crippen LogP contribution in [0.4, 0.5) is 0 Å². The average molecular weight is 196 g/mol. The van der Waals surface area contributed by atoms with Gasteiger partial charge in [0.15, 0.2) is 5.82 Å². The highest BCUT2D eigenvalue weighted by atomic mass is 35.5. The van der Waals surface area contributed by atoms with Crippen molar-refractivity contribution < 1.29 is 4.52 Å². The van der Waals surface area contributed by atoms with Crippen molar-refractivity contribution in [1.82, 2.24) is 15.1 Å². The Bertz CT molecular complexity index is 387. The van der Waals surface area contributed by atoms with E-state index >= 15 is 0 Å². The quantitative estimate of drug-likeness (QED) is 0.687. The van der Waals surface area contributed by atoms with E-state index in [1.54, 1.807) is 24.5 Å². The first-order valence-electron chi connectivity index (χ1n) is 3.69. The van der Waals surface area contributed by atoms with Gasteiger partial charge in [0, 0.05) is 18.0 Å². The molecule has 0 unspecified atom stereocenters. The molecule has 0 saturated heterocycles. The van der Waals surface area contributed by atoms with E-state index in [0.717, 1.165) is 5.56 Å². The molecule has 2 aromatic heterocycles. The molecule has 2 heterocycles. The lowest BCUT2D eigenvalue weighted by Crippen LogP contribution is -1.80. The second-order valence-electron chi connectivity index (χ2n) is 2.39. The molecule has 0 aliphatic carbocycles. The Hall–Kier alpha value is -1.42. The zero-order chi connectivity index (χ0) is 9.10. The van der Waals surface area contributed by atoms with Gasteiger partial charge >= 0.3 is 0 Å². The summed E-state index contributed by atoms with van der Waals surface area (Å²) in [5.74, 6) is 1.22. The summed E-state index contributed by atoms with van der Waals surface area (Å²) in [5, 5.41) is 3.67. The maximum atomic E-state index is 5.53. The molecule has 0 radical (unpaired) electrons. The number of nitrogens with zero attached hydrogens (tertiary/aromatic N) is 3. The summed E-state index contributed by atoms with van der Waals surface area (Å²) >= 11 is 5.53. The van der Waals surface area contributed by atoms with Gasteiger partial charge < -0.3 is 4.52 Å². The van der Waals surface area contributed by atoms with Gasteiger partial charge in [-0.2, -0.15) is 4.98 Å². The Labute approximate surface area is 79.6 Å². The Morgan fingerprint density at radius 2 is 2.08 bits per heavy atom. The van der Waals surface area contributed by atoms with Crippen LogP contribution in [0.15, 0.2) is 29.0 Å². The molecule has 2 rings (SSSR count). The van der Waals surface area contributed by atoms with E-state index in [1.807, 2.05) is 0 Å². The molecular weight excluding hydrogens is 190 g/mol. The number of alkyl halides is 1. The summed E-state index contributed by atoms with van der Waals surface area (Å²) in [4.78, 5) is 7.94. The summed E-state index contributed by atoms with van der Waals surface area (Å²) in [6.07, 6.45) is 3.33. The van der Waals surface area contributed by atoms with Gasteiger partial charge in [-0.1, -0.05) is 5.16 Å². The highest BCUT2D eigenvalue weighted by Gasteiger charge is 2.06. The molecule has 0 atom stereocenters. The Balaban J connectivity index is 2.36. The van der Waals surface area contributed by atoms with Gasteiger partial charge in [-0.05, 0) is 12.1 Å². The van der Waals surface area contributed by atoms with Crippen LogP contribution in [0, 0.1) is 0 Å². The van der Waals surface area contributed by atoms with Crippen LogP contribution in [0.5, 0.6) is 0 Å². The van der Waals surface area contributed by atoms with Gasteiger partial charge in [0.1, 0.15) is 0 Å². The third-order valence-electron chi connectivity index (χ3n) is 1.51. The molecule has 0 fully saturated rings. The monoisotopic (exact) mass is 195 g/mol. The Morgan fingerprint density at radius 1 is 1.31 bits per heavy atom. The lowest BCUT2D eigenvalue weighted by Gasteiger charge is -1.89. The van der Waals surface area contributed by atoms with Crippen LogP contribution < -0.4 is 0 Å². The van der Waals surface area contributed by atoms with Crippen LogP contribution in [0.3, 0.4) is 0 Å². The Kier molecular flexibility index (Phi) is 2.23. The summed E-state index contributed by atoms with van der Waals surface area (Å²) in [5.41, 5.74) is 0.846. The molecule has 0 spiro atoms. The molecule has 13 heavy (non-hydrogen) atoms. The van der Waals surface area contributed by atoms with Crippen LogP contribution in [-0.2, 0) is 5.88 Å². The predicted octanol–water partition coefficient (Wildman–Crippen LogP) is 1.87. The maximum absolute atomic E-state index is 5.53. The number of halogens is 1. The maximum Gasteiger partial charge on any atom is 0.258 e. The van der Waals surface area contributed by atoms with E-state index < -0.39 is 0 Å². The third-order valence-corrected chi connectivity index (χ3v) is 1.75. The second kappa shape index (κ2) is 3.53. The summed E-state index contributed by atoms with van der Waals surface area (Å²) in [6, 6.07) is 3.59. The van der Waals surface area contributed by atoms with Gasteiger partial charge in [0.2, 0.25) is 0 Å². The molecule has 4 nitrogen and oxygen atoms in total. The van der Waals surface area contributed by atoms with Gasteiger partial charge in [-0.3, -0.25) is 4.98 Å². The largest absolute Gasteiger partial charge is 0.334 e. The van der Waals surface area contributed by atoms with E-state index in [-0.39, 0.29) is 5.88 Å². The third kappa shape index (κ3) is 1.67. The summed E-state index contributed by atoms with van der Waals surface area (Å²) in [6.45, 7) is 0. The van der Waals surface area contributed by atoms with E-state index in [0.29, 0.717) is 11.7 Å². The topological polar surface area (TPSA) is 51.8 Å². The normalized spacial score (nSPS) is 10.2. The number of hydrogen-bond acceptors (Lipinski definition) is 4. The van der Waals surface area contributed by atoms with E-state index in [1.165, 1.54) is 0 Å². The van der Waals surface area contributed by atoms with E-state index in [2.05, 4.69) is 15.1 Å². The second-order valence-corrected chi connectivity index (χ2v) is 2.65. The molecule has 0 N–H and O–H groups in total. The SMILES string of the molecule is ClCc1noc(-c2ccncc2)n1. The number of pyridine rings is 1. The van der Waals surface area contributed by atoms with Crippen molar-refractivity contribution in [2.45, 2.75) is 5.88 Å².